The summed E-state index contributed by atoms with van der Waals surface area (Å²) < 4.78 is 40.7. The van der Waals surface area contributed by atoms with Crippen LogP contribution in [0.1, 0.15) is 37.7 Å². The van der Waals surface area contributed by atoms with Crippen LogP contribution >= 0.6 is 0 Å². The quantitative estimate of drug-likeness (QED) is 0.790. The van der Waals surface area contributed by atoms with Gasteiger partial charge in [0.15, 0.2) is 5.96 Å². The van der Waals surface area contributed by atoms with Crippen molar-refractivity contribution in [3.8, 4) is 5.75 Å². The summed E-state index contributed by atoms with van der Waals surface area (Å²) in [4.78, 5) is 4.32. The Labute approximate surface area is 137 Å². The van der Waals surface area contributed by atoms with E-state index >= 15 is 0 Å². The van der Waals surface area contributed by atoms with Gasteiger partial charge in [-0.3, -0.25) is 0 Å². The van der Waals surface area contributed by atoms with Crippen molar-refractivity contribution in [2.45, 2.75) is 44.1 Å². The molecule has 1 aromatic rings. The van der Waals surface area contributed by atoms with Crippen molar-refractivity contribution >= 4 is 5.96 Å². The van der Waals surface area contributed by atoms with E-state index in [9.17, 15) is 13.2 Å². The maximum Gasteiger partial charge on any atom is 0.573 e. The molecule has 0 fully saturated rings. The second-order valence-electron chi connectivity index (χ2n) is 6.00. The van der Waals surface area contributed by atoms with Crippen LogP contribution in [0.5, 0.6) is 5.75 Å². The van der Waals surface area contributed by atoms with Gasteiger partial charge in [-0.15, -0.1) is 13.2 Å². The zero-order valence-corrected chi connectivity index (χ0v) is 13.2. The number of aliphatic imine (C=N–C) groups is 1. The molecule has 2 unspecified atom stereocenters. The molecule has 0 radical (unpaired) electrons. The summed E-state index contributed by atoms with van der Waals surface area (Å²) in [5.74, 6) is 0.0309. The van der Waals surface area contributed by atoms with Crippen LogP contribution in [0.4, 0.5) is 13.2 Å². The molecule has 1 aliphatic heterocycles. The van der Waals surface area contributed by atoms with Crippen molar-refractivity contribution in [2.24, 2.45) is 16.5 Å². The lowest BCUT2D eigenvalue weighted by atomic mass is 9.93. The summed E-state index contributed by atoms with van der Waals surface area (Å²) in [6, 6.07) is 5.90. The second-order valence-corrected chi connectivity index (χ2v) is 6.00. The summed E-state index contributed by atoms with van der Waals surface area (Å²) in [6.45, 7) is 1.95. The largest absolute Gasteiger partial charge is 0.573 e. The molecule has 2 atom stereocenters. The van der Waals surface area contributed by atoms with E-state index in [4.69, 9.17) is 11.5 Å². The number of hydrogen-bond acceptors (Lipinski definition) is 5. The number of ether oxygens (including phenoxy) is 1. The molecular weight excluding hydrogens is 321 g/mol. The first-order chi connectivity index (χ1) is 11.2. The van der Waals surface area contributed by atoms with Crippen LogP contribution in [0.15, 0.2) is 40.5 Å². The molecule has 5 N–H and O–H groups in total. The summed E-state index contributed by atoms with van der Waals surface area (Å²) in [5, 5.41) is 3.09. The van der Waals surface area contributed by atoms with Crippen molar-refractivity contribution in [3.63, 3.8) is 0 Å². The van der Waals surface area contributed by atoms with E-state index in [2.05, 4.69) is 15.0 Å². The minimum absolute atomic E-state index is 0.00321. The third kappa shape index (κ3) is 3.06. The molecule has 5 nitrogen and oxygen atoms in total. The van der Waals surface area contributed by atoms with Crippen molar-refractivity contribution in [1.82, 2.24) is 5.32 Å². The van der Waals surface area contributed by atoms with E-state index in [1.807, 2.05) is 6.92 Å². The van der Waals surface area contributed by atoms with Crippen molar-refractivity contribution in [2.75, 3.05) is 0 Å². The van der Waals surface area contributed by atoms with Gasteiger partial charge in [0.05, 0.1) is 0 Å². The van der Waals surface area contributed by atoms with Crippen molar-refractivity contribution in [3.05, 3.63) is 41.1 Å². The van der Waals surface area contributed by atoms with Crippen molar-refractivity contribution in [1.29, 1.82) is 0 Å². The van der Waals surface area contributed by atoms with Gasteiger partial charge in [0.2, 0.25) is 0 Å². The number of benzene rings is 1. The van der Waals surface area contributed by atoms with E-state index in [1.165, 1.54) is 12.1 Å². The highest BCUT2D eigenvalue weighted by Gasteiger charge is 2.40. The van der Waals surface area contributed by atoms with Gasteiger partial charge in [0, 0.05) is 11.6 Å². The van der Waals surface area contributed by atoms with Crippen LogP contribution in [0, 0.1) is 0 Å². The highest BCUT2D eigenvalue weighted by Crippen LogP contribution is 2.44. The van der Waals surface area contributed by atoms with Crippen LogP contribution in [0.3, 0.4) is 0 Å². The van der Waals surface area contributed by atoms with Gasteiger partial charge in [0.1, 0.15) is 11.4 Å². The predicted molar refractivity (Wildman–Crippen MR) is 84.1 cm³/mol. The predicted octanol–water partition coefficient (Wildman–Crippen LogP) is 2.70. The number of nitrogens with zero attached hydrogens (tertiary/aromatic N) is 1. The summed E-state index contributed by atoms with van der Waals surface area (Å²) in [7, 11) is 0. The molecule has 24 heavy (non-hydrogen) atoms. The van der Waals surface area contributed by atoms with Gasteiger partial charge in [-0.2, -0.15) is 0 Å². The standard InChI is InChI=1S/C16H19F3N4O/c1-2-15(21)12-8-7-11(13(12)22-14(20)23-15)9-3-5-10(6-4-9)24-16(17,18)19/h3-6,11H,2,7-8,21H2,1H3,(H3,20,22,23). The molecule has 0 spiro atoms. The lowest BCUT2D eigenvalue weighted by Crippen LogP contribution is -2.49. The number of allylic oxidation sites excluding steroid dienone is 1. The molecule has 130 valence electrons. The molecule has 2 aliphatic rings. The first-order valence-corrected chi connectivity index (χ1v) is 7.72. The Morgan fingerprint density at radius 3 is 2.58 bits per heavy atom. The zero-order chi connectivity index (χ0) is 17.5. The fourth-order valence-corrected chi connectivity index (χ4v) is 3.37. The van der Waals surface area contributed by atoms with Crippen LogP contribution in [0.2, 0.25) is 0 Å². The highest BCUT2D eigenvalue weighted by atomic mass is 19.4. The Morgan fingerprint density at radius 2 is 2.00 bits per heavy atom. The number of rotatable bonds is 3. The lowest BCUT2D eigenvalue weighted by molar-refractivity contribution is -0.274. The normalized spacial score (nSPS) is 26.7. The summed E-state index contributed by atoms with van der Waals surface area (Å²) >= 11 is 0. The topological polar surface area (TPSA) is 85.7 Å². The third-order valence-electron chi connectivity index (χ3n) is 4.52. The molecule has 1 heterocycles. The van der Waals surface area contributed by atoms with E-state index in [0.717, 1.165) is 29.7 Å². The van der Waals surface area contributed by atoms with Gasteiger partial charge in [0.25, 0.3) is 0 Å². The Bertz CT molecular complexity index is 696. The third-order valence-corrected chi connectivity index (χ3v) is 4.52. The van der Waals surface area contributed by atoms with Crippen LogP contribution in [-0.2, 0) is 0 Å². The lowest BCUT2D eigenvalue weighted by Gasteiger charge is -2.32. The summed E-state index contributed by atoms with van der Waals surface area (Å²) in [6.07, 6.45) is -2.49. The average molecular weight is 340 g/mol. The van der Waals surface area contributed by atoms with Crippen LogP contribution in [-0.4, -0.2) is 18.0 Å². The number of guanidine groups is 1. The molecule has 1 aromatic carbocycles. The number of nitrogens with two attached hydrogens (primary N) is 2. The molecule has 8 heteroatoms. The van der Waals surface area contributed by atoms with E-state index in [1.54, 1.807) is 12.1 Å². The van der Waals surface area contributed by atoms with Gasteiger partial charge >= 0.3 is 6.36 Å². The van der Waals surface area contributed by atoms with Crippen LogP contribution in [0.25, 0.3) is 0 Å². The maximum atomic E-state index is 12.3. The monoisotopic (exact) mass is 340 g/mol. The molecule has 0 saturated carbocycles. The van der Waals surface area contributed by atoms with E-state index in [-0.39, 0.29) is 17.6 Å². The molecular formula is C16H19F3N4O. The molecule has 0 saturated heterocycles. The number of alkyl halides is 3. The second kappa shape index (κ2) is 5.70. The molecule has 0 aromatic heterocycles. The smallest absolute Gasteiger partial charge is 0.406 e. The highest BCUT2D eigenvalue weighted by molar-refractivity contribution is 5.82. The molecule has 0 bridgehead atoms. The Kier molecular flexibility index (Phi) is 3.95. The Hall–Kier alpha value is -2.22. The van der Waals surface area contributed by atoms with Gasteiger partial charge in [-0.1, -0.05) is 19.1 Å². The Morgan fingerprint density at radius 1 is 1.33 bits per heavy atom. The molecule has 1 aliphatic carbocycles. The number of hydrogen-bond donors (Lipinski definition) is 3. The minimum atomic E-state index is -4.69. The first-order valence-electron chi connectivity index (χ1n) is 7.72. The van der Waals surface area contributed by atoms with E-state index < -0.39 is 12.0 Å². The van der Waals surface area contributed by atoms with Gasteiger partial charge in [-0.25, -0.2) is 4.99 Å². The number of nitrogens with one attached hydrogen (secondary N) is 1. The zero-order valence-electron chi connectivity index (χ0n) is 13.2. The SMILES string of the molecule is CCC1(N)N=C(N)NC2=C1CCC2c1ccc(OC(F)(F)F)cc1. The summed E-state index contributed by atoms with van der Waals surface area (Å²) in [5.41, 5.74) is 14.2. The maximum absolute atomic E-state index is 12.3. The average Bonchev–Trinajstić information content (AvgIpc) is 2.91. The fourth-order valence-electron chi connectivity index (χ4n) is 3.37. The van der Waals surface area contributed by atoms with E-state index in [0.29, 0.717) is 6.42 Å². The van der Waals surface area contributed by atoms with Crippen LogP contribution < -0.4 is 21.5 Å². The van der Waals surface area contributed by atoms with Crippen molar-refractivity contribution < 1.29 is 17.9 Å². The fraction of sp³-hybridized carbons (Fsp3) is 0.438. The first kappa shape index (κ1) is 16.6. The molecule has 3 rings (SSSR count). The van der Waals surface area contributed by atoms with Gasteiger partial charge in [-0.05, 0) is 42.5 Å². The minimum Gasteiger partial charge on any atom is -0.406 e. The van der Waals surface area contributed by atoms with Gasteiger partial charge < -0.3 is 21.5 Å². The Balaban J connectivity index is 1.86. The molecule has 0 amide bonds. The number of halogens is 3.